The third-order valence-electron chi connectivity index (χ3n) is 4.71. The molecule has 1 amide bonds. The fourth-order valence-electron chi connectivity index (χ4n) is 3.27. The number of esters is 1. The van der Waals surface area contributed by atoms with E-state index in [1.54, 1.807) is 0 Å². The number of thiol groups is 1. The number of carbonyl (C=O) groups is 2. The van der Waals surface area contributed by atoms with E-state index in [0.717, 1.165) is 25.7 Å². The van der Waals surface area contributed by atoms with Crippen LogP contribution in [-0.4, -0.2) is 29.8 Å². The third kappa shape index (κ3) is 13.2. The van der Waals surface area contributed by atoms with Crippen LogP contribution in [0.4, 0.5) is 0 Å². The van der Waals surface area contributed by atoms with Gasteiger partial charge in [0.2, 0.25) is 5.91 Å². The summed E-state index contributed by atoms with van der Waals surface area (Å²) >= 11 is 4.20. The number of nitrogens with one attached hydrogen (secondary N) is 1. The quantitative estimate of drug-likeness (QED) is 0.366. The van der Waals surface area contributed by atoms with Crippen molar-refractivity contribution in [2.24, 2.45) is 0 Å². The molecule has 0 aromatic rings. The van der Waals surface area contributed by atoms with Gasteiger partial charge in [0.1, 0.15) is 6.10 Å². The average molecular weight is 372 g/mol. The predicted octanol–water partition coefficient (Wildman–Crippen LogP) is 4.81. The minimum atomic E-state index is -0.0739. The Balaban J connectivity index is 2.13. The highest BCUT2D eigenvalue weighted by Gasteiger charge is 2.14. The second-order valence-electron chi connectivity index (χ2n) is 7.38. The van der Waals surface area contributed by atoms with E-state index in [0.29, 0.717) is 19.4 Å². The predicted molar refractivity (Wildman–Crippen MR) is 106 cm³/mol. The molecule has 1 fully saturated rings. The highest BCUT2D eigenvalue weighted by molar-refractivity contribution is 7.80. The zero-order valence-electron chi connectivity index (χ0n) is 15.9. The zero-order valence-corrected chi connectivity index (χ0v) is 16.8. The first-order chi connectivity index (χ1) is 12.1. The van der Waals surface area contributed by atoms with Crippen LogP contribution in [-0.2, 0) is 14.3 Å². The van der Waals surface area contributed by atoms with Crippen molar-refractivity contribution in [2.45, 2.75) is 108 Å². The molecule has 0 saturated heterocycles. The van der Waals surface area contributed by atoms with Gasteiger partial charge in [-0.2, -0.15) is 12.6 Å². The second-order valence-corrected chi connectivity index (χ2v) is 8.26. The van der Waals surface area contributed by atoms with E-state index in [9.17, 15) is 9.59 Å². The smallest absolute Gasteiger partial charge is 0.306 e. The lowest BCUT2D eigenvalue weighted by molar-refractivity contribution is -0.150. The van der Waals surface area contributed by atoms with Crippen molar-refractivity contribution in [2.75, 3.05) is 6.54 Å². The first kappa shape index (κ1) is 22.3. The molecule has 1 unspecified atom stereocenters. The Hall–Kier alpha value is -0.710. The number of amides is 1. The fourth-order valence-corrected chi connectivity index (χ4v) is 3.44. The highest BCUT2D eigenvalue weighted by Crippen LogP contribution is 2.19. The molecule has 1 saturated carbocycles. The van der Waals surface area contributed by atoms with E-state index >= 15 is 0 Å². The van der Waals surface area contributed by atoms with Crippen molar-refractivity contribution in [1.82, 2.24) is 5.32 Å². The Morgan fingerprint density at radius 1 is 1.00 bits per heavy atom. The van der Waals surface area contributed by atoms with Crippen LogP contribution in [0.1, 0.15) is 96.8 Å². The van der Waals surface area contributed by atoms with Crippen molar-refractivity contribution in [3.05, 3.63) is 0 Å². The van der Waals surface area contributed by atoms with Gasteiger partial charge in [0.15, 0.2) is 0 Å². The minimum absolute atomic E-state index is 0.0301. The van der Waals surface area contributed by atoms with Crippen LogP contribution in [0.25, 0.3) is 0 Å². The number of hydrogen-bond donors (Lipinski definition) is 2. The Morgan fingerprint density at radius 2 is 1.56 bits per heavy atom. The maximum atomic E-state index is 12.1. The van der Waals surface area contributed by atoms with Crippen LogP contribution in [0, 0.1) is 0 Å². The number of unbranched alkanes of at least 4 members (excludes halogenated alkanes) is 1. The number of ether oxygens (including phenoxy) is 1. The van der Waals surface area contributed by atoms with Gasteiger partial charge in [0.25, 0.3) is 0 Å². The Morgan fingerprint density at radius 3 is 2.12 bits per heavy atom. The topological polar surface area (TPSA) is 55.4 Å². The van der Waals surface area contributed by atoms with Crippen LogP contribution in [0.5, 0.6) is 0 Å². The molecule has 4 nitrogen and oxygen atoms in total. The van der Waals surface area contributed by atoms with Gasteiger partial charge in [-0.25, -0.2) is 0 Å². The minimum Gasteiger partial charge on any atom is -0.462 e. The molecule has 0 bridgehead atoms. The summed E-state index contributed by atoms with van der Waals surface area (Å²) in [4.78, 5) is 23.6. The van der Waals surface area contributed by atoms with E-state index in [1.165, 1.54) is 51.4 Å². The van der Waals surface area contributed by atoms with E-state index in [4.69, 9.17) is 4.74 Å². The molecule has 1 aliphatic carbocycles. The molecule has 0 aromatic heterocycles. The van der Waals surface area contributed by atoms with Gasteiger partial charge in [0.05, 0.1) is 0 Å². The lowest BCUT2D eigenvalue weighted by Gasteiger charge is -2.17. The molecule has 0 heterocycles. The summed E-state index contributed by atoms with van der Waals surface area (Å²) in [6, 6.07) is 0. The molecular weight excluding hydrogens is 334 g/mol. The molecular formula is C20H37NO3S. The van der Waals surface area contributed by atoms with Gasteiger partial charge in [-0.05, 0) is 38.5 Å². The summed E-state index contributed by atoms with van der Waals surface area (Å²) in [6.07, 6.45) is 14.8. The monoisotopic (exact) mass is 371 g/mol. The molecule has 146 valence electrons. The highest BCUT2D eigenvalue weighted by atomic mass is 32.1. The van der Waals surface area contributed by atoms with Gasteiger partial charge < -0.3 is 10.1 Å². The van der Waals surface area contributed by atoms with Gasteiger partial charge in [-0.15, -0.1) is 0 Å². The fraction of sp³-hybridized carbons (Fsp3) is 0.900. The van der Waals surface area contributed by atoms with Crippen LogP contribution in [0.15, 0.2) is 0 Å². The molecule has 0 aliphatic heterocycles. The molecule has 5 heteroatoms. The van der Waals surface area contributed by atoms with Crippen LogP contribution in [0.2, 0.25) is 0 Å². The Kier molecular flexibility index (Phi) is 12.9. The Bertz CT molecular complexity index is 362. The number of rotatable bonds is 8. The van der Waals surface area contributed by atoms with E-state index in [-0.39, 0.29) is 23.2 Å². The van der Waals surface area contributed by atoms with Crippen molar-refractivity contribution in [3.63, 3.8) is 0 Å². The van der Waals surface area contributed by atoms with E-state index in [2.05, 4.69) is 17.9 Å². The summed E-state index contributed by atoms with van der Waals surface area (Å²) in [5.74, 6) is -0.0438. The van der Waals surface area contributed by atoms with Crippen LogP contribution < -0.4 is 5.32 Å². The van der Waals surface area contributed by atoms with Gasteiger partial charge in [0, 0.05) is 24.6 Å². The molecule has 1 N–H and O–H groups in total. The third-order valence-corrected chi connectivity index (χ3v) is 4.89. The average Bonchev–Trinajstić information content (AvgIpc) is 2.60. The van der Waals surface area contributed by atoms with Crippen molar-refractivity contribution in [3.8, 4) is 0 Å². The molecule has 0 radical (unpaired) electrons. The summed E-state index contributed by atoms with van der Waals surface area (Å²) < 4.78 is 5.71. The van der Waals surface area contributed by atoms with Gasteiger partial charge in [-0.3, -0.25) is 9.59 Å². The zero-order chi connectivity index (χ0) is 18.3. The van der Waals surface area contributed by atoms with Crippen molar-refractivity contribution >= 4 is 24.5 Å². The SMILES string of the molecule is CC(S)CC(=O)NCCCCC(=O)OC1CCCCCCCCCC1. The van der Waals surface area contributed by atoms with Crippen LogP contribution >= 0.6 is 12.6 Å². The maximum absolute atomic E-state index is 12.1. The standard InChI is InChI=1S/C20H37NO3S/c1-17(25)16-19(22)21-15-11-10-14-20(23)24-18-12-8-6-4-2-3-5-7-9-13-18/h17-18,25H,2-16H2,1H3,(H,21,22). The molecule has 1 atom stereocenters. The number of hydrogen-bond acceptors (Lipinski definition) is 4. The first-order valence-electron chi connectivity index (χ1n) is 10.2. The van der Waals surface area contributed by atoms with Gasteiger partial charge in [-0.1, -0.05) is 45.4 Å². The molecule has 0 aromatic carbocycles. The molecule has 1 rings (SSSR count). The van der Waals surface area contributed by atoms with Crippen LogP contribution in [0.3, 0.4) is 0 Å². The lowest BCUT2D eigenvalue weighted by Crippen LogP contribution is -2.26. The molecule has 25 heavy (non-hydrogen) atoms. The normalized spacial score (nSPS) is 18.8. The number of carbonyl (C=O) groups excluding carboxylic acids is 2. The first-order valence-corrected chi connectivity index (χ1v) is 10.7. The Labute approximate surface area is 159 Å². The molecule has 1 aliphatic rings. The van der Waals surface area contributed by atoms with Crippen molar-refractivity contribution in [1.29, 1.82) is 0 Å². The van der Waals surface area contributed by atoms with Gasteiger partial charge >= 0.3 is 5.97 Å². The summed E-state index contributed by atoms with van der Waals surface area (Å²) in [6.45, 7) is 2.52. The summed E-state index contributed by atoms with van der Waals surface area (Å²) in [5.41, 5.74) is 0. The summed E-state index contributed by atoms with van der Waals surface area (Å²) in [5, 5.41) is 2.94. The van der Waals surface area contributed by atoms with E-state index in [1.807, 2.05) is 6.92 Å². The van der Waals surface area contributed by atoms with E-state index < -0.39 is 0 Å². The lowest BCUT2D eigenvalue weighted by atomic mass is 10.1. The largest absolute Gasteiger partial charge is 0.462 e. The maximum Gasteiger partial charge on any atom is 0.306 e. The summed E-state index contributed by atoms with van der Waals surface area (Å²) in [7, 11) is 0. The second kappa shape index (κ2) is 14.5. The molecule has 0 spiro atoms. The van der Waals surface area contributed by atoms with Crippen molar-refractivity contribution < 1.29 is 14.3 Å².